The van der Waals surface area contributed by atoms with Gasteiger partial charge >= 0.3 is 0 Å². The largest absolute Gasteiger partial charge is 0.490 e. The summed E-state index contributed by atoms with van der Waals surface area (Å²) in [6.07, 6.45) is 1.46. The fourth-order valence-electron chi connectivity index (χ4n) is 2.71. The molecular weight excluding hydrogens is 222 g/mol. The first-order chi connectivity index (χ1) is 8.58. The molecule has 1 aliphatic heterocycles. The Morgan fingerprint density at radius 1 is 1.33 bits per heavy atom. The van der Waals surface area contributed by atoms with Crippen molar-refractivity contribution in [3.05, 3.63) is 29.3 Å². The minimum absolute atomic E-state index is 0.357. The van der Waals surface area contributed by atoms with Gasteiger partial charge in [0.1, 0.15) is 11.9 Å². The van der Waals surface area contributed by atoms with E-state index >= 15 is 0 Å². The lowest BCUT2D eigenvalue weighted by Gasteiger charge is -2.30. The van der Waals surface area contributed by atoms with E-state index in [0.29, 0.717) is 17.9 Å². The predicted octanol–water partition coefficient (Wildman–Crippen LogP) is 3.50. The van der Waals surface area contributed by atoms with Crippen LogP contribution in [0, 0.1) is 12.8 Å². The highest BCUT2D eigenvalue weighted by molar-refractivity contribution is 5.36. The van der Waals surface area contributed by atoms with E-state index in [0.717, 1.165) is 25.3 Å². The van der Waals surface area contributed by atoms with E-state index in [2.05, 4.69) is 51.2 Å². The van der Waals surface area contributed by atoms with Crippen LogP contribution in [-0.2, 0) is 0 Å². The molecule has 1 aromatic carbocycles. The average molecular weight is 247 g/mol. The van der Waals surface area contributed by atoms with Crippen molar-refractivity contribution >= 4 is 0 Å². The molecule has 1 aliphatic rings. The van der Waals surface area contributed by atoms with Crippen LogP contribution in [0.2, 0.25) is 0 Å². The zero-order valence-electron chi connectivity index (χ0n) is 12.0. The minimum Gasteiger partial charge on any atom is -0.490 e. The zero-order valence-corrected chi connectivity index (χ0v) is 12.0. The van der Waals surface area contributed by atoms with Crippen LogP contribution in [-0.4, -0.2) is 19.2 Å². The van der Waals surface area contributed by atoms with Crippen LogP contribution in [0.3, 0.4) is 0 Å². The zero-order chi connectivity index (χ0) is 13.1. The Morgan fingerprint density at radius 2 is 2.11 bits per heavy atom. The van der Waals surface area contributed by atoms with Crippen LogP contribution < -0.4 is 10.1 Å². The number of ether oxygens (including phenoxy) is 1. The molecule has 0 saturated carbocycles. The van der Waals surface area contributed by atoms with Gasteiger partial charge in [0.05, 0.1) is 0 Å². The monoisotopic (exact) mass is 247 g/mol. The van der Waals surface area contributed by atoms with E-state index in [1.165, 1.54) is 11.1 Å². The molecule has 1 fully saturated rings. The van der Waals surface area contributed by atoms with Crippen LogP contribution in [0.5, 0.6) is 5.75 Å². The third kappa shape index (κ3) is 3.05. The standard InChI is InChI=1S/C16H25NO/c1-11(2)15-6-5-14(9-12(15)3)18-16-7-8-17-10-13(16)4/h5-6,9,11,13,16-17H,7-8,10H2,1-4H3. The van der Waals surface area contributed by atoms with Gasteiger partial charge in [-0.3, -0.25) is 0 Å². The molecule has 1 heterocycles. The fraction of sp³-hybridized carbons (Fsp3) is 0.625. The number of aryl methyl sites for hydroxylation is 1. The number of nitrogens with one attached hydrogen (secondary N) is 1. The molecule has 0 aliphatic carbocycles. The predicted molar refractivity (Wildman–Crippen MR) is 76.3 cm³/mol. The molecule has 100 valence electrons. The third-order valence-corrected chi connectivity index (χ3v) is 3.86. The highest BCUT2D eigenvalue weighted by Gasteiger charge is 2.22. The number of rotatable bonds is 3. The van der Waals surface area contributed by atoms with Gasteiger partial charge in [-0.15, -0.1) is 0 Å². The molecule has 2 unspecified atom stereocenters. The lowest BCUT2D eigenvalue weighted by molar-refractivity contribution is 0.112. The van der Waals surface area contributed by atoms with Gasteiger partial charge in [0.25, 0.3) is 0 Å². The van der Waals surface area contributed by atoms with Crippen molar-refractivity contribution in [3.63, 3.8) is 0 Å². The van der Waals surface area contributed by atoms with E-state index in [1.54, 1.807) is 0 Å². The van der Waals surface area contributed by atoms with E-state index in [4.69, 9.17) is 4.74 Å². The van der Waals surface area contributed by atoms with Gasteiger partial charge in [-0.25, -0.2) is 0 Å². The van der Waals surface area contributed by atoms with Crippen molar-refractivity contribution in [2.45, 2.75) is 46.1 Å². The smallest absolute Gasteiger partial charge is 0.120 e. The first-order valence-corrected chi connectivity index (χ1v) is 7.06. The Hall–Kier alpha value is -1.02. The Bertz CT molecular complexity index is 400. The van der Waals surface area contributed by atoms with E-state index in [1.807, 2.05) is 0 Å². The van der Waals surface area contributed by atoms with E-state index in [9.17, 15) is 0 Å². The minimum atomic E-state index is 0.357. The molecule has 2 atom stereocenters. The number of piperidine rings is 1. The van der Waals surface area contributed by atoms with Crippen LogP contribution in [0.4, 0.5) is 0 Å². The first kappa shape index (κ1) is 13.4. The van der Waals surface area contributed by atoms with Gasteiger partial charge in [-0.1, -0.05) is 26.8 Å². The molecule has 0 spiro atoms. The lowest BCUT2D eigenvalue weighted by Crippen LogP contribution is -2.41. The summed E-state index contributed by atoms with van der Waals surface area (Å²) >= 11 is 0. The molecule has 0 aromatic heterocycles. The van der Waals surface area contributed by atoms with Crippen molar-refractivity contribution < 1.29 is 4.74 Å². The Morgan fingerprint density at radius 3 is 2.72 bits per heavy atom. The van der Waals surface area contributed by atoms with Crippen molar-refractivity contribution in [2.75, 3.05) is 13.1 Å². The highest BCUT2D eigenvalue weighted by atomic mass is 16.5. The van der Waals surface area contributed by atoms with Crippen LogP contribution in [0.15, 0.2) is 18.2 Å². The molecule has 0 amide bonds. The number of benzene rings is 1. The second-order valence-corrected chi connectivity index (χ2v) is 5.80. The maximum Gasteiger partial charge on any atom is 0.120 e. The Kier molecular flexibility index (Phi) is 4.28. The van der Waals surface area contributed by atoms with Gasteiger partial charge in [-0.2, -0.15) is 0 Å². The molecule has 1 saturated heterocycles. The van der Waals surface area contributed by atoms with E-state index < -0.39 is 0 Å². The number of hydrogen-bond acceptors (Lipinski definition) is 2. The van der Waals surface area contributed by atoms with Crippen LogP contribution in [0.1, 0.15) is 44.2 Å². The molecule has 18 heavy (non-hydrogen) atoms. The molecule has 2 nitrogen and oxygen atoms in total. The Balaban J connectivity index is 2.07. The quantitative estimate of drug-likeness (QED) is 0.882. The topological polar surface area (TPSA) is 21.3 Å². The first-order valence-electron chi connectivity index (χ1n) is 7.06. The Labute approximate surface area is 111 Å². The summed E-state index contributed by atoms with van der Waals surface area (Å²) in [5.41, 5.74) is 2.75. The SMILES string of the molecule is Cc1cc(OC2CCNCC2C)ccc1C(C)C. The lowest BCUT2D eigenvalue weighted by atomic mass is 9.97. The molecule has 2 heteroatoms. The highest BCUT2D eigenvalue weighted by Crippen LogP contribution is 2.26. The summed E-state index contributed by atoms with van der Waals surface area (Å²) in [5.74, 6) is 2.19. The normalized spacial score (nSPS) is 24.3. The molecule has 1 aromatic rings. The summed E-state index contributed by atoms with van der Waals surface area (Å²) < 4.78 is 6.14. The molecule has 0 bridgehead atoms. The molecule has 2 rings (SSSR count). The summed E-state index contributed by atoms with van der Waals surface area (Å²) in [7, 11) is 0. The maximum atomic E-state index is 6.14. The molecule has 1 N–H and O–H groups in total. The fourth-order valence-corrected chi connectivity index (χ4v) is 2.71. The summed E-state index contributed by atoms with van der Waals surface area (Å²) in [6, 6.07) is 6.52. The van der Waals surface area contributed by atoms with Gasteiger partial charge < -0.3 is 10.1 Å². The van der Waals surface area contributed by atoms with Crippen molar-refractivity contribution in [3.8, 4) is 5.75 Å². The summed E-state index contributed by atoms with van der Waals surface area (Å²) in [5, 5.41) is 3.41. The summed E-state index contributed by atoms with van der Waals surface area (Å²) in [4.78, 5) is 0. The second kappa shape index (κ2) is 5.75. The maximum absolute atomic E-state index is 6.14. The molecular formula is C16H25NO. The van der Waals surface area contributed by atoms with Gasteiger partial charge in [0, 0.05) is 12.5 Å². The van der Waals surface area contributed by atoms with Crippen molar-refractivity contribution in [1.82, 2.24) is 5.32 Å². The van der Waals surface area contributed by atoms with Crippen LogP contribution in [0.25, 0.3) is 0 Å². The van der Waals surface area contributed by atoms with Crippen molar-refractivity contribution in [2.24, 2.45) is 5.92 Å². The summed E-state index contributed by atoms with van der Waals surface area (Å²) in [6.45, 7) is 11.0. The second-order valence-electron chi connectivity index (χ2n) is 5.80. The molecule has 0 radical (unpaired) electrons. The van der Waals surface area contributed by atoms with Gasteiger partial charge in [0.15, 0.2) is 0 Å². The van der Waals surface area contributed by atoms with Gasteiger partial charge in [-0.05, 0) is 49.1 Å². The third-order valence-electron chi connectivity index (χ3n) is 3.86. The average Bonchev–Trinajstić information content (AvgIpc) is 2.32. The van der Waals surface area contributed by atoms with E-state index in [-0.39, 0.29) is 0 Å². The van der Waals surface area contributed by atoms with Crippen molar-refractivity contribution in [1.29, 1.82) is 0 Å². The van der Waals surface area contributed by atoms with Crippen LogP contribution >= 0.6 is 0 Å². The number of hydrogen-bond donors (Lipinski definition) is 1. The van der Waals surface area contributed by atoms with Gasteiger partial charge in [0.2, 0.25) is 0 Å².